The lowest BCUT2D eigenvalue weighted by atomic mass is 9.86. The van der Waals surface area contributed by atoms with E-state index < -0.39 is 19.6 Å². The molecule has 3 aromatic rings. The molecule has 6 nitrogen and oxygen atoms in total. The van der Waals surface area contributed by atoms with Crippen LogP contribution in [0.2, 0.25) is 16.6 Å². The van der Waals surface area contributed by atoms with E-state index in [-0.39, 0.29) is 18.6 Å². The van der Waals surface area contributed by atoms with Crippen LogP contribution in [0.25, 0.3) is 22.3 Å². The quantitative estimate of drug-likeness (QED) is 0.307. The third-order valence-electron chi connectivity index (χ3n) is 8.89. The van der Waals surface area contributed by atoms with E-state index in [1.54, 1.807) is 11.5 Å². The number of aliphatic hydroxyl groups is 1. The van der Waals surface area contributed by atoms with E-state index in [4.69, 9.17) is 9.72 Å². The van der Waals surface area contributed by atoms with Crippen LogP contribution in [-0.4, -0.2) is 28.7 Å². The first-order valence-electron chi connectivity index (χ1n) is 13.1. The molecule has 7 heteroatoms. The van der Waals surface area contributed by atoms with Crippen molar-refractivity contribution in [1.82, 2.24) is 9.55 Å². The Labute approximate surface area is 213 Å². The predicted molar refractivity (Wildman–Crippen MR) is 145 cm³/mol. The number of hydrogen-bond acceptors (Lipinski definition) is 5. The lowest BCUT2D eigenvalue weighted by Crippen LogP contribution is -2.57. The number of esters is 1. The van der Waals surface area contributed by atoms with Crippen LogP contribution in [0.1, 0.15) is 71.6 Å². The molecule has 0 spiro atoms. The van der Waals surface area contributed by atoms with E-state index in [9.17, 15) is 14.7 Å². The van der Waals surface area contributed by atoms with Crippen LogP contribution < -0.4 is 10.7 Å². The van der Waals surface area contributed by atoms with Gasteiger partial charge in [-0.15, -0.1) is 0 Å². The Balaban J connectivity index is 1.91. The highest BCUT2D eigenvalue weighted by Crippen LogP contribution is 2.45. The fourth-order valence-corrected chi connectivity index (χ4v) is 14.5. The Morgan fingerprint density at radius 3 is 2.31 bits per heavy atom. The summed E-state index contributed by atoms with van der Waals surface area (Å²) in [5.74, 6) is -0.696. The lowest BCUT2D eigenvalue weighted by Gasteiger charge is -2.45. The van der Waals surface area contributed by atoms with Crippen molar-refractivity contribution < 1.29 is 14.6 Å². The lowest BCUT2D eigenvalue weighted by molar-refractivity contribution is -0.172. The third-order valence-corrected chi connectivity index (χ3v) is 16.1. The van der Waals surface area contributed by atoms with E-state index in [2.05, 4.69) is 59.7 Å². The molecule has 190 valence electrons. The van der Waals surface area contributed by atoms with Crippen molar-refractivity contribution in [3.63, 3.8) is 0 Å². The number of benzene rings is 1. The Morgan fingerprint density at radius 1 is 1.06 bits per heavy atom. The second-order valence-electron chi connectivity index (χ2n) is 11.3. The minimum atomic E-state index is -2.14. The van der Waals surface area contributed by atoms with Crippen LogP contribution in [0.15, 0.2) is 35.1 Å². The molecule has 0 bridgehead atoms. The standard InChI is InChI=1S/C29H36N2O4Si/c1-8-29(34)22-13-24-25-20(14-31(24)27(32)21(22)15-35-28(29)33)26(19-11-9-10-12-23(19)30-25)36(16(2)3,17(4)5)18(6)7/h9-13,16-18,34H,8,14-15H2,1-7H3/t29-/m1/s1. The molecule has 2 aromatic heterocycles. The summed E-state index contributed by atoms with van der Waals surface area (Å²) in [6.45, 7) is 16.2. The highest BCUT2D eigenvalue weighted by atomic mass is 28.3. The molecule has 0 fully saturated rings. The number of rotatable bonds is 5. The number of pyridine rings is 2. The maximum Gasteiger partial charge on any atom is 0.343 e. The summed E-state index contributed by atoms with van der Waals surface area (Å²) in [5, 5.41) is 13.8. The summed E-state index contributed by atoms with van der Waals surface area (Å²) >= 11 is 0. The van der Waals surface area contributed by atoms with Crippen LogP contribution in [0.3, 0.4) is 0 Å². The summed E-state index contributed by atoms with van der Waals surface area (Å²) in [5.41, 5.74) is 3.69. The van der Waals surface area contributed by atoms with Gasteiger partial charge in [0.05, 0.1) is 37.1 Å². The molecule has 36 heavy (non-hydrogen) atoms. The molecule has 1 aromatic carbocycles. The molecule has 4 heterocycles. The van der Waals surface area contributed by atoms with Crippen molar-refractivity contribution in [3.8, 4) is 11.4 Å². The molecule has 5 rings (SSSR count). The van der Waals surface area contributed by atoms with Crippen molar-refractivity contribution in [3.05, 3.63) is 57.4 Å². The Hall–Kier alpha value is -2.77. The van der Waals surface area contributed by atoms with Crippen molar-refractivity contribution in [2.75, 3.05) is 0 Å². The van der Waals surface area contributed by atoms with Crippen molar-refractivity contribution in [2.45, 2.75) is 90.3 Å². The fraction of sp³-hybridized carbons (Fsp3) is 0.483. The fourth-order valence-electron chi connectivity index (χ4n) is 7.39. The number of ether oxygens (including phenoxy) is 1. The SMILES string of the molecule is CC[C@]1(O)C(=O)OCc2c1cc1n(c2=O)Cc2c-1nc1ccccc1c2[Si](C(C)C)(C(C)C)C(C)C. The van der Waals surface area contributed by atoms with E-state index in [1.807, 2.05) is 12.1 Å². The number of para-hydroxylation sites is 1. The average molecular weight is 505 g/mol. The maximum atomic E-state index is 13.8. The number of aromatic nitrogens is 2. The summed E-state index contributed by atoms with van der Waals surface area (Å²) in [4.78, 5) is 31.4. The van der Waals surface area contributed by atoms with Gasteiger partial charge >= 0.3 is 5.97 Å². The van der Waals surface area contributed by atoms with Gasteiger partial charge in [-0.05, 0) is 51.3 Å². The van der Waals surface area contributed by atoms with Gasteiger partial charge in [-0.2, -0.15) is 0 Å². The molecule has 1 N–H and O–H groups in total. The number of cyclic esters (lactones) is 1. The highest BCUT2D eigenvalue weighted by Gasteiger charge is 2.49. The van der Waals surface area contributed by atoms with Gasteiger partial charge in [0.15, 0.2) is 5.60 Å². The smallest absolute Gasteiger partial charge is 0.343 e. The van der Waals surface area contributed by atoms with E-state index in [1.165, 1.54) is 10.6 Å². The molecular weight excluding hydrogens is 468 g/mol. The molecule has 0 amide bonds. The predicted octanol–water partition coefficient (Wildman–Crippen LogP) is 4.97. The highest BCUT2D eigenvalue weighted by molar-refractivity contribution is 6.96. The van der Waals surface area contributed by atoms with E-state index in [0.717, 1.165) is 16.8 Å². The van der Waals surface area contributed by atoms with Crippen LogP contribution >= 0.6 is 0 Å². The minimum absolute atomic E-state index is 0.114. The third kappa shape index (κ3) is 3.08. The zero-order chi connectivity index (χ0) is 26.2. The first-order chi connectivity index (χ1) is 17.0. The summed E-state index contributed by atoms with van der Waals surface area (Å²) < 4.78 is 7.02. The average Bonchev–Trinajstić information content (AvgIpc) is 3.19. The van der Waals surface area contributed by atoms with Crippen LogP contribution in [0, 0.1) is 0 Å². The zero-order valence-electron chi connectivity index (χ0n) is 22.3. The summed E-state index contributed by atoms with van der Waals surface area (Å²) in [6, 6.07) is 10.2. The van der Waals surface area contributed by atoms with Gasteiger partial charge in [0.1, 0.15) is 6.61 Å². The van der Waals surface area contributed by atoms with Crippen molar-refractivity contribution in [1.29, 1.82) is 0 Å². The van der Waals surface area contributed by atoms with Crippen LogP contribution in [0.5, 0.6) is 0 Å². The van der Waals surface area contributed by atoms with Gasteiger partial charge in [0.2, 0.25) is 0 Å². The first kappa shape index (κ1) is 24.9. The number of hydrogen-bond donors (Lipinski definition) is 1. The van der Waals surface area contributed by atoms with E-state index in [0.29, 0.717) is 40.0 Å². The Morgan fingerprint density at radius 2 is 1.69 bits per heavy atom. The molecule has 0 radical (unpaired) electrons. The van der Waals surface area contributed by atoms with Crippen LogP contribution in [0.4, 0.5) is 0 Å². The molecule has 0 saturated heterocycles. The van der Waals surface area contributed by atoms with Gasteiger partial charge in [0, 0.05) is 5.56 Å². The molecule has 2 aliphatic heterocycles. The second kappa shape index (κ2) is 8.38. The number of carbonyl (C=O) groups is 1. The van der Waals surface area contributed by atoms with E-state index >= 15 is 0 Å². The van der Waals surface area contributed by atoms with Gasteiger partial charge < -0.3 is 14.4 Å². The Bertz CT molecular complexity index is 1430. The monoisotopic (exact) mass is 504 g/mol. The number of nitrogens with zero attached hydrogens (tertiary/aromatic N) is 2. The number of carbonyl (C=O) groups excluding carboxylic acids is 1. The molecular formula is C29H36N2O4Si. The molecule has 1 atom stereocenters. The first-order valence-corrected chi connectivity index (χ1v) is 15.3. The molecule has 0 saturated carbocycles. The minimum Gasteiger partial charge on any atom is -0.458 e. The van der Waals surface area contributed by atoms with Gasteiger partial charge in [-0.25, -0.2) is 9.78 Å². The maximum absolute atomic E-state index is 13.8. The van der Waals surface area contributed by atoms with Crippen molar-refractivity contribution >= 4 is 30.1 Å². The number of fused-ring (bicyclic) bond motifs is 5. The molecule has 0 unspecified atom stereocenters. The van der Waals surface area contributed by atoms with Gasteiger partial charge in [-0.3, -0.25) is 4.79 Å². The molecule has 0 aliphatic carbocycles. The largest absolute Gasteiger partial charge is 0.458 e. The van der Waals surface area contributed by atoms with Gasteiger partial charge in [-0.1, -0.05) is 66.7 Å². The normalized spacial score (nSPS) is 19.1. The van der Waals surface area contributed by atoms with Gasteiger partial charge in [0.25, 0.3) is 5.56 Å². The van der Waals surface area contributed by atoms with Crippen molar-refractivity contribution in [2.24, 2.45) is 0 Å². The molecule has 2 aliphatic rings. The topological polar surface area (TPSA) is 81.4 Å². The summed E-state index contributed by atoms with van der Waals surface area (Å²) in [6.07, 6.45) is 0.134. The Kier molecular flexibility index (Phi) is 5.80. The second-order valence-corrected chi connectivity index (χ2v) is 17.2. The zero-order valence-corrected chi connectivity index (χ0v) is 23.3. The summed E-state index contributed by atoms with van der Waals surface area (Å²) in [7, 11) is -2.14. The van der Waals surface area contributed by atoms with Crippen LogP contribution in [-0.2, 0) is 28.3 Å².